The van der Waals surface area contributed by atoms with Crippen LogP contribution in [0.1, 0.15) is 19.8 Å². The second-order valence-electron chi connectivity index (χ2n) is 2.63. The van der Waals surface area contributed by atoms with Crippen LogP contribution in [0.4, 0.5) is 0 Å². The van der Waals surface area contributed by atoms with Crippen molar-refractivity contribution in [2.75, 3.05) is 19.7 Å². The van der Waals surface area contributed by atoms with E-state index in [1.165, 1.54) is 5.06 Å². The Kier molecular flexibility index (Phi) is 6.69. The first-order valence-electron chi connectivity index (χ1n) is 4.37. The Balaban J connectivity index is 3.76. The van der Waals surface area contributed by atoms with Gasteiger partial charge in [0.25, 0.3) is 0 Å². The van der Waals surface area contributed by atoms with Crippen molar-refractivity contribution >= 4 is 11.9 Å². The minimum absolute atomic E-state index is 0.0559. The predicted octanol–water partition coefficient (Wildman–Crippen LogP) is 0.189. The first-order chi connectivity index (χ1) is 6.56. The topological polar surface area (TPSA) is 87.1 Å². The van der Waals surface area contributed by atoms with Crippen molar-refractivity contribution in [3.05, 3.63) is 0 Å². The Morgan fingerprint density at radius 1 is 1.14 bits per heavy atom. The second-order valence-corrected chi connectivity index (χ2v) is 2.63. The maximum atomic E-state index is 10.2. The third kappa shape index (κ3) is 7.51. The van der Waals surface area contributed by atoms with E-state index in [2.05, 4.69) is 0 Å². The van der Waals surface area contributed by atoms with Crippen molar-refractivity contribution in [3.63, 3.8) is 0 Å². The lowest BCUT2D eigenvalue weighted by Crippen LogP contribution is -2.29. The van der Waals surface area contributed by atoms with Crippen LogP contribution in [0.2, 0.25) is 0 Å². The molecule has 0 fully saturated rings. The molecular formula is C8H15NO5. The number of carbonyl (C=O) groups is 2. The first kappa shape index (κ1) is 12.9. The average Bonchev–Trinajstić information content (AvgIpc) is 2.09. The van der Waals surface area contributed by atoms with Gasteiger partial charge in [0, 0.05) is 13.1 Å². The molecule has 2 N–H and O–H groups in total. The minimum Gasteiger partial charge on any atom is -0.481 e. The Hall–Kier alpha value is -1.14. The van der Waals surface area contributed by atoms with Gasteiger partial charge < -0.3 is 10.2 Å². The van der Waals surface area contributed by atoms with Gasteiger partial charge in [-0.3, -0.25) is 14.4 Å². The fraction of sp³-hybridized carbons (Fsp3) is 0.750. The van der Waals surface area contributed by atoms with Crippen LogP contribution in [0.5, 0.6) is 0 Å². The smallest absolute Gasteiger partial charge is 0.304 e. The lowest BCUT2D eigenvalue weighted by atomic mass is 10.4. The molecule has 0 radical (unpaired) electrons. The molecule has 0 aromatic rings. The molecule has 6 heteroatoms. The minimum atomic E-state index is -0.926. The molecular weight excluding hydrogens is 190 g/mol. The van der Waals surface area contributed by atoms with E-state index >= 15 is 0 Å². The number of aliphatic carboxylic acids is 2. The maximum Gasteiger partial charge on any atom is 0.304 e. The van der Waals surface area contributed by atoms with Gasteiger partial charge in [-0.2, -0.15) is 5.06 Å². The summed E-state index contributed by atoms with van der Waals surface area (Å²) in [4.78, 5) is 25.5. The quantitative estimate of drug-likeness (QED) is 0.550. The van der Waals surface area contributed by atoms with Crippen molar-refractivity contribution < 1.29 is 24.6 Å². The molecule has 0 atom stereocenters. The highest BCUT2D eigenvalue weighted by atomic mass is 16.7. The van der Waals surface area contributed by atoms with Gasteiger partial charge in [-0.25, -0.2) is 0 Å². The average molecular weight is 205 g/mol. The summed E-state index contributed by atoms with van der Waals surface area (Å²) >= 11 is 0. The summed E-state index contributed by atoms with van der Waals surface area (Å²) in [6.45, 7) is 2.57. The number of carboxylic acid groups (broad SMARTS) is 2. The zero-order valence-electron chi connectivity index (χ0n) is 8.10. The number of nitrogens with zero attached hydrogens (tertiary/aromatic N) is 1. The molecule has 0 aliphatic heterocycles. The number of rotatable bonds is 8. The lowest BCUT2D eigenvalue weighted by molar-refractivity contribution is -0.167. The van der Waals surface area contributed by atoms with Crippen molar-refractivity contribution in [2.45, 2.75) is 19.8 Å². The van der Waals surface area contributed by atoms with Gasteiger partial charge in [0.1, 0.15) is 0 Å². The van der Waals surface area contributed by atoms with Crippen LogP contribution in [0.25, 0.3) is 0 Å². The molecule has 0 aromatic carbocycles. The molecule has 0 bridgehead atoms. The third-order valence-corrected chi connectivity index (χ3v) is 1.46. The predicted molar refractivity (Wildman–Crippen MR) is 47.7 cm³/mol. The summed E-state index contributed by atoms with van der Waals surface area (Å²) in [5.74, 6) is -1.85. The summed E-state index contributed by atoms with van der Waals surface area (Å²) in [6, 6.07) is 0. The van der Waals surface area contributed by atoms with Crippen LogP contribution in [0, 0.1) is 0 Å². The lowest BCUT2D eigenvalue weighted by Gasteiger charge is -2.18. The number of hydroxylamine groups is 2. The monoisotopic (exact) mass is 205 g/mol. The molecule has 0 rings (SSSR count). The maximum absolute atomic E-state index is 10.2. The normalized spacial score (nSPS) is 10.4. The van der Waals surface area contributed by atoms with Crippen molar-refractivity contribution in [1.82, 2.24) is 5.06 Å². The fourth-order valence-electron chi connectivity index (χ4n) is 0.864. The van der Waals surface area contributed by atoms with Crippen LogP contribution >= 0.6 is 0 Å². The summed E-state index contributed by atoms with van der Waals surface area (Å²) in [7, 11) is 0. The number of hydrogen-bond acceptors (Lipinski definition) is 4. The number of hydrogen-bond donors (Lipinski definition) is 2. The van der Waals surface area contributed by atoms with E-state index in [1.54, 1.807) is 6.92 Å². The molecule has 82 valence electrons. The Morgan fingerprint density at radius 3 is 1.86 bits per heavy atom. The molecule has 0 saturated heterocycles. The molecule has 0 spiro atoms. The van der Waals surface area contributed by atoms with Crippen LogP contribution in [0.15, 0.2) is 0 Å². The van der Waals surface area contributed by atoms with Gasteiger partial charge in [0.15, 0.2) is 0 Å². The molecule has 0 aliphatic rings. The second kappa shape index (κ2) is 7.28. The van der Waals surface area contributed by atoms with E-state index < -0.39 is 11.9 Å². The van der Waals surface area contributed by atoms with Crippen LogP contribution in [0.3, 0.4) is 0 Å². The van der Waals surface area contributed by atoms with Crippen molar-refractivity contribution in [1.29, 1.82) is 0 Å². The summed E-state index contributed by atoms with van der Waals surface area (Å²) in [6.07, 6.45) is -0.112. The molecule has 0 heterocycles. The highest BCUT2D eigenvalue weighted by molar-refractivity contribution is 5.67. The van der Waals surface area contributed by atoms with E-state index in [-0.39, 0.29) is 25.9 Å². The first-order valence-corrected chi connectivity index (χ1v) is 4.37. The Labute approximate surface area is 82.0 Å². The Morgan fingerprint density at radius 2 is 1.57 bits per heavy atom. The SMILES string of the molecule is CCON(CCC(=O)O)CCC(=O)O. The Bertz CT molecular complexity index is 176. The molecule has 0 aromatic heterocycles. The van der Waals surface area contributed by atoms with Crippen molar-refractivity contribution in [3.8, 4) is 0 Å². The molecule has 0 amide bonds. The zero-order valence-corrected chi connectivity index (χ0v) is 8.10. The van der Waals surface area contributed by atoms with Gasteiger partial charge in [-0.05, 0) is 6.92 Å². The van der Waals surface area contributed by atoms with Gasteiger partial charge in [-0.15, -0.1) is 0 Å². The molecule has 14 heavy (non-hydrogen) atoms. The summed E-state index contributed by atoms with van der Waals surface area (Å²) in [5, 5.41) is 18.2. The van der Waals surface area contributed by atoms with Gasteiger partial charge in [0.05, 0.1) is 19.4 Å². The fourth-order valence-corrected chi connectivity index (χ4v) is 0.864. The molecule has 0 unspecified atom stereocenters. The highest BCUT2D eigenvalue weighted by Gasteiger charge is 2.09. The highest BCUT2D eigenvalue weighted by Crippen LogP contribution is 1.96. The van der Waals surface area contributed by atoms with E-state index in [1.807, 2.05) is 0 Å². The number of carboxylic acids is 2. The van der Waals surface area contributed by atoms with Gasteiger partial charge in [0.2, 0.25) is 0 Å². The van der Waals surface area contributed by atoms with Gasteiger partial charge in [-0.1, -0.05) is 0 Å². The molecule has 0 saturated carbocycles. The van der Waals surface area contributed by atoms with E-state index in [0.29, 0.717) is 6.61 Å². The van der Waals surface area contributed by atoms with E-state index in [0.717, 1.165) is 0 Å². The summed E-state index contributed by atoms with van der Waals surface area (Å²) in [5.41, 5.74) is 0. The van der Waals surface area contributed by atoms with Crippen LogP contribution < -0.4 is 0 Å². The standard InChI is InChI=1S/C8H15NO5/c1-2-14-9(5-3-7(10)11)6-4-8(12)13/h2-6H2,1H3,(H,10,11)(H,12,13). The van der Waals surface area contributed by atoms with Gasteiger partial charge >= 0.3 is 11.9 Å². The zero-order chi connectivity index (χ0) is 11.0. The van der Waals surface area contributed by atoms with Crippen molar-refractivity contribution in [2.24, 2.45) is 0 Å². The van der Waals surface area contributed by atoms with Crippen LogP contribution in [-0.2, 0) is 14.4 Å². The molecule has 0 aliphatic carbocycles. The summed E-state index contributed by atoms with van der Waals surface area (Å²) < 4.78 is 0. The molecule has 6 nitrogen and oxygen atoms in total. The van der Waals surface area contributed by atoms with E-state index in [4.69, 9.17) is 15.1 Å². The van der Waals surface area contributed by atoms with E-state index in [9.17, 15) is 9.59 Å². The van der Waals surface area contributed by atoms with Crippen LogP contribution in [-0.4, -0.2) is 46.9 Å². The largest absolute Gasteiger partial charge is 0.481 e. The third-order valence-electron chi connectivity index (χ3n) is 1.46.